The lowest BCUT2D eigenvalue weighted by atomic mass is 10.1. The van der Waals surface area contributed by atoms with Gasteiger partial charge in [-0.2, -0.15) is 0 Å². The molecule has 5 aromatic rings. The zero-order valence-corrected chi connectivity index (χ0v) is 14.7. The van der Waals surface area contributed by atoms with Crippen molar-refractivity contribution in [3.63, 3.8) is 0 Å². The van der Waals surface area contributed by atoms with E-state index in [2.05, 4.69) is 23.6 Å². The molecule has 4 heteroatoms. The minimum Gasteiger partial charge on any atom is -0.292 e. The standard InChI is InChI=1S/C22H14ClN3/c1-3-6-17-13(2)11-16-21(24-17)15-10-9-14(23)12-20(15)26-19-8-5-4-7-18(19)25-22(16)26/h3-12H,1-2H2/b17-6+. The molecule has 0 atom stereocenters. The second-order valence-electron chi connectivity index (χ2n) is 6.25. The molecule has 0 radical (unpaired) electrons. The molecule has 0 aliphatic rings. The summed E-state index contributed by atoms with van der Waals surface area (Å²) in [5, 5.41) is 4.34. The quantitative estimate of drug-likeness (QED) is 0.421. The minimum atomic E-state index is 0.683. The average molecular weight is 356 g/mol. The third kappa shape index (κ3) is 2.01. The number of imidazole rings is 1. The van der Waals surface area contributed by atoms with Crippen LogP contribution in [0, 0.1) is 0 Å². The van der Waals surface area contributed by atoms with E-state index in [1.165, 1.54) is 0 Å². The summed E-state index contributed by atoms with van der Waals surface area (Å²) in [6, 6.07) is 16.0. The van der Waals surface area contributed by atoms with Gasteiger partial charge in [-0.05, 0) is 47.7 Å². The van der Waals surface area contributed by atoms with E-state index < -0.39 is 0 Å². The highest BCUT2D eigenvalue weighted by molar-refractivity contribution is 6.31. The van der Waals surface area contributed by atoms with E-state index in [0.717, 1.165) is 49.1 Å². The van der Waals surface area contributed by atoms with Gasteiger partial charge in [-0.3, -0.25) is 4.40 Å². The van der Waals surface area contributed by atoms with Crippen LogP contribution in [0.25, 0.3) is 51.1 Å². The molecule has 3 aromatic heterocycles. The van der Waals surface area contributed by atoms with Crippen LogP contribution in [-0.2, 0) is 0 Å². The molecular formula is C22H14ClN3. The van der Waals surface area contributed by atoms with Crippen molar-refractivity contribution in [2.75, 3.05) is 0 Å². The van der Waals surface area contributed by atoms with Gasteiger partial charge in [0.05, 0.1) is 27.4 Å². The Morgan fingerprint density at radius 2 is 1.81 bits per heavy atom. The van der Waals surface area contributed by atoms with Crippen LogP contribution in [0.5, 0.6) is 0 Å². The Morgan fingerprint density at radius 1 is 0.962 bits per heavy atom. The van der Waals surface area contributed by atoms with Crippen molar-refractivity contribution >= 4 is 62.7 Å². The van der Waals surface area contributed by atoms with Crippen molar-refractivity contribution in [1.82, 2.24) is 14.4 Å². The van der Waals surface area contributed by atoms with E-state index in [0.29, 0.717) is 5.02 Å². The van der Waals surface area contributed by atoms with Crippen molar-refractivity contribution in [1.29, 1.82) is 0 Å². The molecule has 0 aliphatic heterocycles. The number of hydrogen-bond acceptors (Lipinski definition) is 2. The van der Waals surface area contributed by atoms with Crippen molar-refractivity contribution < 1.29 is 0 Å². The molecule has 5 rings (SSSR count). The van der Waals surface area contributed by atoms with Crippen LogP contribution < -0.4 is 10.6 Å². The number of fused-ring (bicyclic) bond motifs is 8. The first-order valence-electron chi connectivity index (χ1n) is 8.28. The highest BCUT2D eigenvalue weighted by Crippen LogP contribution is 2.31. The molecule has 0 saturated carbocycles. The number of para-hydroxylation sites is 2. The van der Waals surface area contributed by atoms with Crippen molar-refractivity contribution in [2.24, 2.45) is 0 Å². The molecule has 0 unspecified atom stereocenters. The molecule has 0 spiro atoms. The van der Waals surface area contributed by atoms with Crippen LogP contribution in [0.2, 0.25) is 5.02 Å². The summed E-state index contributed by atoms with van der Waals surface area (Å²) in [5.74, 6) is 0. The van der Waals surface area contributed by atoms with Crippen molar-refractivity contribution in [3.8, 4) is 0 Å². The molecule has 0 aliphatic carbocycles. The number of nitrogens with zero attached hydrogens (tertiary/aromatic N) is 3. The first-order valence-corrected chi connectivity index (χ1v) is 8.66. The predicted molar refractivity (Wildman–Crippen MR) is 110 cm³/mol. The molecule has 0 saturated heterocycles. The first-order chi connectivity index (χ1) is 12.7. The van der Waals surface area contributed by atoms with Crippen LogP contribution in [0.15, 0.2) is 61.2 Å². The van der Waals surface area contributed by atoms with Crippen LogP contribution in [0.3, 0.4) is 0 Å². The van der Waals surface area contributed by atoms with Gasteiger partial charge >= 0.3 is 0 Å². The highest BCUT2D eigenvalue weighted by atomic mass is 35.5. The van der Waals surface area contributed by atoms with E-state index in [4.69, 9.17) is 21.6 Å². The van der Waals surface area contributed by atoms with Crippen LogP contribution >= 0.6 is 11.6 Å². The van der Waals surface area contributed by atoms with Crippen LogP contribution in [0.1, 0.15) is 0 Å². The smallest absolute Gasteiger partial charge is 0.147 e. The number of allylic oxidation sites excluding steroid dienone is 1. The predicted octanol–water partition coefficient (Wildman–Crippen LogP) is 4.22. The zero-order valence-electron chi connectivity index (χ0n) is 13.9. The van der Waals surface area contributed by atoms with E-state index in [1.807, 2.05) is 48.5 Å². The maximum Gasteiger partial charge on any atom is 0.147 e. The number of benzene rings is 2. The SMILES string of the molecule is C=C/C=c1/nc2c3ccc(Cl)cc3n3c4ccccc4nc3c2cc1=C. The van der Waals surface area contributed by atoms with E-state index in [9.17, 15) is 0 Å². The van der Waals surface area contributed by atoms with E-state index >= 15 is 0 Å². The minimum absolute atomic E-state index is 0.683. The lowest BCUT2D eigenvalue weighted by Gasteiger charge is -2.09. The van der Waals surface area contributed by atoms with Gasteiger partial charge in [0.2, 0.25) is 0 Å². The molecule has 2 aromatic carbocycles. The van der Waals surface area contributed by atoms with E-state index in [-0.39, 0.29) is 0 Å². The average Bonchev–Trinajstić information content (AvgIpc) is 3.03. The Morgan fingerprint density at radius 3 is 2.65 bits per heavy atom. The Hall–Kier alpha value is -3.17. The fourth-order valence-corrected chi connectivity index (χ4v) is 3.71. The fraction of sp³-hybridized carbons (Fsp3) is 0. The van der Waals surface area contributed by atoms with Gasteiger partial charge in [0, 0.05) is 15.8 Å². The molecule has 3 heterocycles. The normalized spacial score (nSPS) is 12.6. The molecule has 26 heavy (non-hydrogen) atoms. The molecule has 0 bridgehead atoms. The summed E-state index contributed by atoms with van der Waals surface area (Å²) in [6.45, 7) is 7.92. The van der Waals surface area contributed by atoms with E-state index in [1.54, 1.807) is 6.08 Å². The Labute approximate surface area is 154 Å². The summed E-state index contributed by atoms with van der Waals surface area (Å²) >= 11 is 6.31. The van der Waals surface area contributed by atoms with Crippen molar-refractivity contribution in [2.45, 2.75) is 0 Å². The summed E-state index contributed by atoms with van der Waals surface area (Å²) in [4.78, 5) is 9.72. The van der Waals surface area contributed by atoms with Gasteiger partial charge in [-0.25, -0.2) is 9.97 Å². The Bertz CT molecular complexity index is 1480. The van der Waals surface area contributed by atoms with Gasteiger partial charge in [0.25, 0.3) is 0 Å². The molecule has 0 amide bonds. The van der Waals surface area contributed by atoms with Gasteiger partial charge in [-0.15, -0.1) is 0 Å². The van der Waals surface area contributed by atoms with Gasteiger partial charge in [0.15, 0.2) is 0 Å². The third-order valence-corrected chi connectivity index (χ3v) is 4.90. The molecule has 3 nitrogen and oxygen atoms in total. The number of halogens is 1. The molecule has 124 valence electrons. The first kappa shape index (κ1) is 15.1. The van der Waals surface area contributed by atoms with Crippen molar-refractivity contribution in [3.05, 3.63) is 76.8 Å². The Kier molecular flexibility index (Phi) is 3.15. The third-order valence-electron chi connectivity index (χ3n) is 4.67. The van der Waals surface area contributed by atoms with Gasteiger partial charge in [-0.1, -0.05) is 43.0 Å². The largest absolute Gasteiger partial charge is 0.292 e. The van der Waals surface area contributed by atoms with Crippen LogP contribution in [0.4, 0.5) is 0 Å². The highest BCUT2D eigenvalue weighted by Gasteiger charge is 2.14. The van der Waals surface area contributed by atoms with Gasteiger partial charge in [0.1, 0.15) is 5.65 Å². The monoisotopic (exact) mass is 355 g/mol. The molecule has 0 N–H and O–H groups in total. The Balaban J connectivity index is 2.19. The lowest BCUT2D eigenvalue weighted by Crippen LogP contribution is -2.26. The molecular weight excluding hydrogens is 342 g/mol. The fourth-order valence-electron chi connectivity index (χ4n) is 3.54. The maximum atomic E-state index is 6.31. The summed E-state index contributed by atoms with van der Waals surface area (Å²) in [7, 11) is 0. The summed E-state index contributed by atoms with van der Waals surface area (Å²) in [6.07, 6.45) is 3.60. The number of hydrogen-bond donors (Lipinski definition) is 0. The maximum absolute atomic E-state index is 6.31. The number of pyridine rings is 2. The number of rotatable bonds is 1. The second-order valence-corrected chi connectivity index (χ2v) is 6.69. The second kappa shape index (κ2) is 5.41. The summed E-state index contributed by atoms with van der Waals surface area (Å²) in [5.41, 5.74) is 4.72. The number of aromatic nitrogens is 3. The van der Waals surface area contributed by atoms with Crippen LogP contribution in [-0.4, -0.2) is 14.4 Å². The lowest BCUT2D eigenvalue weighted by molar-refractivity contribution is 1.27. The topological polar surface area (TPSA) is 30.2 Å². The molecule has 0 fully saturated rings. The summed E-state index contributed by atoms with van der Waals surface area (Å²) < 4.78 is 2.15. The zero-order chi connectivity index (χ0) is 17.8. The van der Waals surface area contributed by atoms with Gasteiger partial charge < -0.3 is 0 Å².